The van der Waals surface area contributed by atoms with E-state index in [1.54, 1.807) is 0 Å². The molecule has 0 saturated heterocycles. The largest absolute Gasteiger partial charge is 0.307 e. The van der Waals surface area contributed by atoms with Gasteiger partial charge in [-0.15, -0.1) is 0 Å². The van der Waals surface area contributed by atoms with E-state index in [4.69, 9.17) is 0 Å². The van der Waals surface area contributed by atoms with Gasteiger partial charge < -0.3 is 5.32 Å². The molecule has 1 amide bonds. The smallest absolute Gasteiger partial charge is 0.248 e. The van der Waals surface area contributed by atoms with Gasteiger partial charge in [-0.1, -0.05) is 6.58 Å². The van der Waals surface area contributed by atoms with Crippen molar-refractivity contribution < 1.29 is 4.79 Å². The van der Waals surface area contributed by atoms with Gasteiger partial charge in [0.2, 0.25) is 5.91 Å². The number of pyridine rings is 1. The predicted molar refractivity (Wildman–Crippen MR) is 52.5 cm³/mol. The van der Waals surface area contributed by atoms with Crippen molar-refractivity contribution >= 4 is 11.7 Å². The van der Waals surface area contributed by atoms with Crippen LogP contribution >= 0.6 is 0 Å². The van der Waals surface area contributed by atoms with Gasteiger partial charge in [-0.05, 0) is 37.6 Å². The van der Waals surface area contributed by atoms with Crippen LogP contribution in [0.3, 0.4) is 0 Å². The summed E-state index contributed by atoms with van der Waals surface area (Å²) in [7, 11) is 0. The van der Waals surface area contributed by atoms with Crippen LogP contribution in [0.4, 0.5) is 5.82 Å². The van der Waals surface area contributed by atoms with E-state index in [-0.39, 0.29) is 5.91 Å². The van der Waals surface area contributed by atoms with Crippen LogP contribution in [0.15, 0.2) is 24.8 Å². The average molecular weight is 176 g/mol. The van der Waals surface area contributed by atoms with E-state index in [0.29, 0.717) is 5.82 Å². The summed E-state index contributed by atoms with van der Waals surface area (Å²) in [6.07, 6.45) is 1.22. The second-order valence-corrected chi connectivity index (χ2v) is 2.86. The van der Waals surface area contributed by atoms with Crippen LogP contribution in [0.1, 0.15) is 11.3 Å². The third kappa shape index (κ3) is 2.71. The maximum atomic E-state index is 10.9. The Hall–Kier alpha value is -1.64. The van der Waals surface area contributed by atoms with Gasteiger partial charge in [0.25, 0.3) is 0 Å². The SMILES string of the molecule is C=CC(=O)Nc1cc(C)cc(C)n1. The Balaban J connectivity index is 2.89. The molecule has 0 bridgehead atoms. The summed E-state index contributed by atoms with van der Waals surface area (Å²) in [4.78, 5) is 15.1. The number of carbonyl (C=O) groups is 1. The molecule has 0 aliphatic heterocycles. The summed E-state index contributed by atoms with van der Waals surface area (Å²) in [6, 6.07) is 3.76. The first-order valence-electron chi connectivity index (χ1n) is 4.00. The lowest BCUT2D eigenvalue weighted by atomic mass is 10.2. The fourth-order valence-electron chi connectivity index (χ4n) is 1.08. The monoisotopic (exact) mass is 176 g/mol. The van der Waals surface area contributed by atoms with E-state index in [1.807, 2.05) is 26.0 Å². The number of rotatable bonds is 2. The van der Waals surface area contributed by atoms with Crippen molar-refractivity contribution in [1.29, 1.82) is 0 Å². The van der Waals surface area contributed by atoms with Crippen molar-refractivity contribution in [2.45, 2.75) is 13.8 Å². The van der Waals surface area contributed by atoms with Gasteiger partial charge in [0.15, 0.2) is 0 Å². The first kappa shape index (κ1) is 9.45. The minimum atomic E-state index is -0.238. The summed E-state index contributed by atoms with van der Waals surface area (Å²) in [5.41, 5.74) is 1.96. The highest BCUT2D eigenvalue weighted by molar-refractivity contribution is 5.98. The lowest BCUT2D eigenvalue weighted by molar-refractivity contribution is -0.111. The van der Waals surface area contributed by atoms with Crippen molar-refractivity contribution in [3.63, 3.8) is 0 Å². The Morgan fingerprint density at radius 1 is 1.54 bits per heavy atom. The summed E-state index contributed by atoms with van der Waals surface area (Å²) in [6.45, 7) is 7.20. The average Bonchev–Trinajstić information content (AvgIpc) is 2.02. The molecule has 1 rings (SSSR count). The number of hydrogen-bond donors (Lipinski definition) is 1. The number of carbonyl (C=O) groups excluding carboxylic acids is 1. The molecule has 0 radical (unpaired) electrons. The van der Waals surface area contributed by atoms with Crippen LogP contribution in [0.2, 0.25) is 0 Å². The molecule has 68 valence electrons. The van der Waals surface area contributed by atoms with E-state index in [1.165, 1.54) is 6.08 Å². The second kappa shape index (κ2) is 3.85. The van der Waals surface area contributed by atoms with Crippen molar-refractivity contribution in [1.82, 2.24) is 4.98 Å². The molecule has 1 heterocycles. The molecule has 0 saturated carbocycles. The fraction of sp³-hybridized carbons (Fsp3) is 0.200. The Labute approximate surface area is 77.5 Å². The maximum absolute atomic E-state index is 10.9. The molecule has 3 heteroatoms. The molecule has 13 heavy (non-hydrogen) atoms. The predicted octanol–water partition coefficient (Wildman–Crippen LogP) is 1.82. The lowest BCUT2D eigenvalue weighted by Gasteiger charge is -2.03. The summed E-state index contributed by atoms with van der Waals surface area (Å²) < 4.78 is 0. The van der Waals surface area contributed by atoms with Crippen LogP contribution in [-0.4, -0.2) is 10.9 Å². The Morgan fingerprint density at radius 2 is 2.23 bits per heavy atom. The molecule has 0 aliphatic carbocycles. The molecular weight excluding hydrogens is 164 g/mol. The number of anilines is 1. The van der Waals surface area contributed by atoms with Gasteiger partial charge in [-0.3, -0.25) is 4.79 Å². The normalized spacial score (nSPS) is 9.38. The van der Waals surface area contributed by atoms with Gasteiger partial charge in [-0.25, -0.2) is 4.98 Å². The molecule has 0 spiro atoms. The Bertz CT molecular complexity index is 325. The molecule has 3 nitrogen and oxygen atoms in total. The van der Waals surface area contributed by atoms with Crippen molar-refractivity contribution in [3.05, 3.63) is 36.0 Å². The topological polar surface area (TPSA) is 42.0 Å². The highest BCUT2D eigenvalue weighted by Gasteiger charge is 1.99. The maximum Gasteiger partial charge on any atom is 0.248 e. The zero-order valence-electron chi connectivity index (χ0n) is 7.79. The van der Waals surface area contributed by atoms with Crippen molar-refractivity contribution in [2.24, 2.45) is 0 Å². The summed E-state index contributed by atoms with van der Waals surface area (Å²) >= 11 is 0. The molecule has 0 atom stereocenters. The second-order valence-electron chi connectivity index (χ2n) is 2.86. The van der Waals surface area contributed by atoms with Crippen molar-refractivity contribution in [3.8, 4) is 0 Å². The van der Waals surface area contributed by atoms with E-state index in [2.05, 4.69) is 16.9 Å². The van der Waals surface area contributed by atoms with Crippen molar-refractivity contribution in [2.75, 3.05) is 5.32 Å². The zero-order valence-corrected chi connectivity index (χ0v) is 7.79. The number of amides is 1. The fourth-order valence-corrected chi connectivity index (χ4v) is 1.08. The van der Waals surface area contributed by atoms with Gasteiger partial charge in [-0.2, -0.15) is 0 Å². The van der Waals surface area contributed by atoms with Gasteiger partial charge in [0.05, 0.1) is 0 Å². The molecule has 0 fully saturated rings. The quantitative estimate of drug-likeness (QED) is 0.698. The number of aromatic nitrogens is 1. The van der Waals surface area contributed by atoms with Gasteiger partial charge in [0, 0.05) is 5.69 Å². The van der Waals surface area contributed by atoms with E-state index >= 15 is 0 Å². The molecule has 0 aromatic carbocycles. The molecule has 1 aromatic heterocycles. The highest BCUT2D eigenvalue weighted by atomic mass is 16.1. The van der Waals surface area contributed by atoms with Crippen LogP contribution in [0.5, 0.6) is 0 Å². The molecule has 1 aromatic rings. The zero-order chi connectivity index (χ0) is 9.84. The Morgan fingerprint density at radius 3 is 2.77 bits per heavy atom. The van der Waals surface area contributed by atoms with Crippen LogP contribution in [0, 0.1) is 13.8 Å². The van der Waals surface area contributed by atoms with Crippen LogP contribution in [-0.2, 0) is 4.79 Å². The highest BCUT2D eigenvalue weighted by Crippen LogP contribution is 2.08. The first-order valence-corrected chi connectivity index (χ1v) is 4.00. The standard InChI is InChI=1S/C10H12N2O/c1-4-10(13)12-9-6-7(2)5-8(3)11-9/h4-6H,1H2,2-3H3,(H,11,12,13). The first-order chi connectivity index (χ1) is 6.11. The van der Waals surface area contributed by atoms with Gasteiger partial charge >= 0.3 is 0 Å². The van der Waals surface area contributed by atoms with Crippen LogP contribution < -0.4 is 5.32 Å². The van der Waals surface area contributed by atoms with Crippen LogP contribution in [0.25, 0.3) is 0 Å². The van der Waals surface area contributed by atoms with E-state index in [0.717, 1.165) is 11.3 Å². The number of aryl methyl sites for hydroxylation is 2. The number of nitrogens with one attached hydrogen (secondary N) is 1. The van der Waals surface area contributed by atoms with E-state index < -0.39 is 0 Å². The van der Waals surface area contributed by atoms with Gasteiger partial charge in [0.1, 0.15) is 5.82 Å². The Kier molecular flexibility index (Phi) is 2.80. The molecular formula is C10H12N2O. The molecule has 0 unspecified atom stereocenters. The third-order valence-electron chi connectivity index (χ3n) is 1.53. The van der Waals surface area contributed by atoms with E-state index in [9.17, 15) is 4.79 Å². The lowest BCUT2D eigenvalue weighted by Crippen LogP contribution is -2.09. The third-order valence-corrected chi connectivity index (χ3v) is 1.53. The minimum Gasteiger partial charge on any atom is -0.307 e. The summed E-state index contributed by atoms with van der Waals surface area (Å²) in [5, 5.41) is 2.61. The molecule has 1 N–H and O–H groups in total. The summed E-state index contributed by atoms with van der Waals surface area (Å²) in [5.74, 6) is 0.333. The number of hydrogen-bond acceptors (Lipinski definition) is 2. The minimum absolute atomic E-state index is 0.238. The molecule has 0 aliphatic rings. The number of nitrogens with zero attached hydrogens (tertiary/aromatic N) is 1.